The van der Waals surface area contributed by atoms with E-state index in [1.54, 1.807) is 0 Å². The van der Waals surface area contributed by atoms with Crippen molar-refractivity contribution in [3.8, 4) is 0 Å². The molecule has 0 heterocycles. The van der Waals surface area contributed by atoms with Crippen LogP contribution in [0, 0.1) is 7.14 Å². The molecule has 0 bridgehead atoms. The van der Waals surface area contributed by atoms with E-state index in [0.29, 0.717) is 0 Å². The lowest BCUT2D eigenvalue weighted by Gasteiger charge is -2.42. The van der Waals surface area contributed by atoms with Crippen molar-refractivity contribution in [3.63, 3.8) is 0 Å². The molecule has 0 aromatic heterocycles. The van der Waals surface area contributed by atoms with Crippen LogP contribution in [-0.4, -0.2) is 55.4 Å². The second-order valence-corrected chi connectivity index (χ2v) is 15.5. The standard InChI is InChI=1S/C20H8Cl2F17IO3S/c21-9-1-5-11(6-2-9)40(12-7-3-10(22)4-8-12)43-44(41,42)20(38,39)18(33,34)16(29,30)14(25,26)13(23,24)15(27,28)17(31,32)19(35,36)37/h1-8H/q+1. The molecule has 2 aromatic carbocycles. The molecule has 3 nitrogen and oxygen atoms in total. The third-order valence-electron chi connectivity index (χ3n) is 5.16. The van der Waals surface area contributed by atoms with E-state index < -0.39 is 84.5 Å². The Bertz CT molecular complexity index is 1400. The molecule has 0 fully saturated rings. The van der Waals surface area contributed by atoms with Crippen molar-refractivity contribution in [3.05, 3.63) is 65.7 Å². The van der Waals surface area contributed by atoms with Gasteiger partial charge in [-0.25, -0.2) is 0 Å². The molecular formula is C20H8Cl2F17IO3S+. The van der Waals surface area contributed by atoms with Gasteiger partial charge < -0.3 is 0 Å². The minimum Gasteiger partial charge on any atom is -0.192 e. The third kappa shape index (κ3) is 5.89. The van der Waals surface area contributed by atoms with Gasteiger partial charge in [-0.15, -0.1) is 0 Å². The van der Waals surface area contributed by atoms with Gasteiger partial charge in [-0.05, 0) is 51.0 Å². The maximum absolute atomic E-state index is 14.6. The van der Waals surface area contributed by atoms with Crippen LogP contribution in [-0.2, 0) is 12.6 Å². The van der Waals surface area contributed by atoms with E-state index in [1.807, 2.05) is 0 Å². The molecule has 0 aliphatic rings. The number of hydrogen-bond donors (Lipinski definition) is 0. The molecule has 0 aliphatic heterocycles. The van der Waals surface area contributed by atoms with Crippen LogP contribution in [0.15, 0.2) is 48.5 Å². The second kappa shape index (κ2) is 11.6. The number of hydrogen-bond acceptors (Lipinski definition) is 3. The van der Waals surface area contributed by atoms with Crippen LogP contribution in [0.2, 0.25) is 10.0 Å². The normalized spacial score (nSPS) is 15.2. The fourth-order valence-electron chi connectivity index (χ4n) is 2.72. The van der Waals surface area contributed by atoms with Crippen molar-refractivity contribution < 1.29 is 106 Å². The van der Waals surface area contributed by atoms with Gasteiger partial charge in [-0.2, -0.15) is 83.1 Å². The van der Waals surface area contributed by atoms with Gasteiger partial charge in [0, 0.05) is 10.0 Å². The van der Waals surface area contributed by atoms with E-state index in [9.17, 15) is 83.1 Å². The van der Waals surface area contributed by atoms with Crippen LogP contribution in [0.4, 0.5) is 74.6 Å². The van der Waals surface area contributed by atoms with Crippen molar-refractivity contribution in [1.29, 1.82) is 0 Å². The third-order valence-corrected chi connectivity index (χ3v) is 13.0. The van der Waals surface area contributed by atoms with Crippen LogP contribution >= 0.6 is 23.2 Å². The lowest BCUT2D eigenvalue weighted by atomic mass is 9.91. The number of alkyl halides is 17. The lowest BCUT2D eigenvalue weighted by Crippen LogP contribution is -3.85. The maximum atomic E-state index is 14.6. The lowest BCUT2D eigenvalue weighted by molar-refractivity contribution is -1.03. The molecule has 0 unspecified atom stereocenters. The minimum atomic E-state index is -8.94. The molecule has 0 amide bonds. The Kier molecular flexibility index (Phi) is 10.2. The molecule has 0 aliphatic carbocycles. The van der Waals surface area contributed by atoms with Gasteiger partial charge in [0.15, 0.2) is 7.14 Å². The summed E-state index contributed by atoms with van der Waals surface area (Å²) in [5, 5.41) is -8.02. The molecule has 24 heteroatoms. The Balaban J connectivity index is 2.69. The summed E-state index contributed by atoms with van der Waals surface area (Å²) in [5.74, 6) is -52.2. The predicted octanol–water partition coefficient (Wildman–Crippen LogP) is 5.89. The molecular weight excluding hydrogens is 841 g/mol. The van der Waals surface area contributed by atoms with Crippen molar-refractivity contribution in [2.24, 2.45) is 0 Å². The van der Waals surface area contributed by atoms with Crippen molar-refractivity contribution in [1.82, 2.24) is 0 Å². The number of halogens is 20. The van der Waals surface area contributed by atoms with E-state index in [2.05, 4.69) is 2.51 Å². The summed E-state index contributed by atoms with van der Waals surface area (Å²) < 4.78 is 258. The Morgan fingerprint density at radius 1 is 0.477 bits per heavy atom. The molecule has 251 valence electrons. The molecule has 44 heavy (non-hydrogen) atoms. The fourth-order valence-corrected chi connectivity index (χ4v) is 9.89. The largest absolute Gasteiger partial charge is 0.460 e. The molecule has 2 rings (SSSR count). The first-order chi connectivity index (χ1) is 19.3. The summed E-state index contributed by atoms with van der Waals surface area (Å²) in [6.45, 7) is 0. The highest BCUT2D eigenvalue weighted by atomic mass is 127. The first kappa shape index (κ1) is 38.7. The SMILES string of the molecule is O=S(=O)(O[I+](c1ccc(Cl)cc1)c1ccc(Cl)cc1)C(F)(F)C(F)(F)C(F)(F)C(F)(F)C(F)(F)C(F)(F)C(F)(F)C(F)(F)F. The minimum absolute atomic E-state index is 0.115. The summed E-state index contributed by atoms with van der Waals surface area (Å²) in [6.07, 6.45) is -7.92. The average molecular weight is 849 g/mol. The fraction of sp³-hybridized carbons (Fsp3) is 0.400. The molecule has 0 saturated heterocycles. The summed E-state index contributed by atoms with van der Waals surface area (Å²) in [6, 6.07) is 7.09. The van der Waals surface area contributed by atoms with Crippen LogP contribution in [0.1, 0.15) is 0 Å². The van der Waals surface area contributed by atoms with E-state index in [-0.39, 0.29) is 10.0 Å². The van der Waals surface area contributed by atoms with Crippen molar-refractivity contribution in [2.45, 2.75) is 47.0 Å². The molecule has 1 radical (unpaired) electrons. The molecule has 2 aromatic rings. The van der Waals surface area contributed by atoms with Gasteiger partial charge in [0.05, 0.1) is 0 Å². The van der Waals surface area contributed by atoms with Crippen LogP contribution in [0.3, 0.4) is 0 Å². The van der Waals surface area contributed by atoms with E-state index in [1.165, 1.54) is 0 Å². The van der Waals surface area contributed by atoms with Gasteiger partial charge in [-0.3, -0.25) is 0 Å². The van der Waals surface area contributed by atoms with E-state index in [4.69, 9.17) is 23.2 Å². The number of rotatable bonds is 11. The molecule has 0 saturated carbocycles. The van der Waals surface area contributed by atoms with Gasteiger partial charge >= 0.3 is 77.3 Å². The highest BCUT2D eigenvalue weighted by Gasteiger charge is 2.96. The summed E-state index contributed by atoms with van der Waals surface area (Å²) in [4.78, 5) is 0. The monoisotopic (exact) mass is 848 g/mol. The zero-order valence-corrected chi connectivity index (χ0v) is 24.3. The Morgan fingerprint density at radius 3 is 1.05 bits per heavy atom. The number of benzene rings is 2. The first-order valence-corrected chi connectivity index (χ1v) is 15.4. The first-order valence-electron chi connectivity index (χ1n) is 10.2. The maximum Gasteiger partial charge on any atom is 0.460 e. The summed E-state index contributed by atoms with van der Waals surface area (Å²) in [7, 11) is -7.76. The predicted molar refractivity (Wildman–Crippen MR) is 111 cm³/mol. The average Bonchev–Trinajstić information content (AvgIpc) is 2.87. The van der Waals surface area contributed by atoms with Gasteiger partial charge in [0.1, 0.15) is 0 Å². The van der Waals surface area contributed by atoms with Crippen LogP contribution < -0.4 is 20.2 Å². The zero-order chi connectivity index (χ0) is 34.8. The highest BCUT2D eigenvalue weighted by Crippen LogP contribution is 2.64. The Hall–Kier alpha value is -1.53. The highest BCUT2D eigenvalue weighted by molar-refractivity contribution is 7.87. The second-order valence-electron chi connectivity index (χ2n) is 8.10. The topological polar surface area (TPSA) is 43.4 Å². The van der Waals surface area contributed by atoms with Gasteiger partial charge in [0.2, 0.25) is 0 Å². The van der Waals surface area contributed by atoms with Crippen molar-refractivity contribution in [2.75, 3.05) is 0 Å². The van der Waals surface area contributed by atoms with Crippen LogP contribution in [0.5, 0.6) is 0 Å². The quantitative estimate of drug-likeness (QED) is 0.210. The van der Waals surface area contributed by atoms with Crippen LogP contribution in [0.25, 0.3) is 0 Å². The zero-order valence-electron chi connectivity index (χ0n) is 19.8. The molecule has 0 N–H and O–H groups in total. The van der Waals surface area contributed by atoms with Gasteiger partial charge in [0.25, 0.3) is 0 Å². The summed E-state index contributed by atoms with van der Waals surface area (Å²) in [5.41, 5.74) is 0. The molecule has 0 atom stereocenters. The smallest absolute Gasteiger partial charge is 0.192 e. The molecule has 0 spiro atoms. The van der Waals surface area contributed by atoms with Gasteiger partial charge in [-0.1, -0.05) is 23.2 Å². The van der Waals surface area contributed by atoms with Crippen molar-refractivity contribution >= 4 is 33.3 Å². The summed E-state index contributed by atoms with van der Waals surface area (Å²) >= 11 is 6.55. The van der Waals surface area contributed by atoms with E-state index >= 15 is 0 Å². The van der Waals surface area contributed by atoms with E-state index in [0.717, 1.165) is 48.5 Å². The Morgan fingerprint density at radius 2 is 0.750 bits per heavy atom. The Labute approximate surface area is 251 Å².